The smallest absolute Gasteiger partial charge is 0.337 e. The first kappa shape index (κ1) is 13.1. The molecular weight excluding hydrogens is 256 g/mol. The summed E-state index contributed by atoms with van der Waals surface area (Å²) in [5.41, 5.74) is 0.0943. The lowest BCUT2D eigenvalue weighted by Gasteiger charge is -2.18. The van der Waals surface area contributed by atoms with Crippen LogP contribution in [0, 0.1) is 5.92 Å². The summed E-state index contributed by atoms with van der Waals surface area (Å²) < 4.78 is 5.13. The molecule has 1 N–H and O–H groups in total. The van der Waals surface area contributed by atoms with Crippen molar-refractivity contribution >= 4 is 23.4 Å². The summed E-state index contributed by atoms with van der Waals surface area (Å²) in [6.07, 6.45) is 2.42. The van der Waals surface area contributed by atoms with Crippen molar-refractivity contribution in [3.05, 3.63) is 22.8 Å². The first-order valence-electron chi connectivity index (χ1n) is 5.74. The van der Waals surface area contributed by atoms with Crippen molar-refractivity contribution in [3.63, 3.8) is 0 Å². The molecule has 0 aliphatic carbocycles. The van der Waals surface area contributed by atoms with Gasteiger partial charge in [0.05, 0.1) is 17.2 Å². The average Bonchev–Trinajstić information content (AvgIpc) is 2.78. The first-order valence-corrected chi connectivity index (χ1v) is 6.12. The van der Waals surface area contributed by atoms with E-state index in [2.05, 4.69) is 9.88 Å². The molecule has 0 spiro atoms. The van der Waals surface area contributed by atoms with Crippen molar-refractivity contribution in [2.45, 2.75) is 6.42 Å². The summed E-state index contributed by atoms with van der Waals surface area (Å²) in [4.78, 5) is 17.3. The molecule has 0 saturated carbocycles. The number of methoxy groups -OCH3 is 1. The van der Waals surface area contributed by atoms with Crippen molar-refractivity contribution in [2.75, 3.05) is 31.7 Å². The Hall–Kier alpha value is -1.33. The van der Waals surface area contributed by atoms with Crippen LogP contribution in [-0.2, 0) is 4.74 Å². The zero-order valence-electron chi connectivity index (χ0n) is 10.1. The highest BCUT2D eigenvalue weighted by Gasteiger charge is 2.24. The third-order valence-corrected chi connectivity index (χ3v) is 3.38. The van der Waals surface area contributed by atoms with Crippen LogP contribution in [0.5, 0.6) is 0 Å². The monoisotopic (exact) mass is 270 g/mol. The number of ether oxygens (including phenoxy) is 1. The lowest BCUT2D eigenvalue weighted by atomic mass is 10.1. The van der Waals surface area contributed by atoms with Gasteiger partial charge in [0.25, 0.3) is 0 Å². The summed E-state index contributed by atoms with van der Waals surface area (Å²) in [5.74, 6) is 0.104. The quantitative estimate of drug-likeness (QED) is 0.905. The maximum absolute atomic E-state index is 11.0. The molecule has 0 radical (unpaired) electrons. The van der Waals surface area contributed by atoms with Gasteiger partial charge in [0.2, 0.25) is 0 Å². The summed E-state index contributed by atoms with van der Waals surface area (Å²) in [6, 6.07) is 1.53. The van der Waals surface area contributed by atoms with Gasteiger partial charge >= 0.3 is 5.97 Å². The Morgan fingerprint density at radius 2 is 2.50 bits per heavy atom. The molecule has 1 unspecified atom stereocenters. The van der Waals surface area contributed by atoms with E-state index in [-0.39, 0.29) is 10.6 Å². The van der Waals surface area contributed by atoms with Crippen LogP contribution in [-0.4, -0.2) is 42.9 Å². The molecule has 1 aliphatic heterocycles. The van der Waals surface area contributed by atoms with Crippen molar-refractivity contribution in [2.24, 2.45) is 5.92 Å². The van der Waals surface area contributed by atoms with Crippen LogP contribution in [0.4, 0.5) is 5.82 Å². The second kappa shape index (κ2) is 5.54. The molecule has 1 atom stereocenters. The minimum atomic E-state index is -1.03. The maximum Gasteiger partial charge on any atom is 0.337 e. The van der Waals surface area contributed by atoms with Crippen LogP contribution in [0.15, 0.2) is 12.3 Å². The van der Waals surface area contributed by atoms with Gasteiger partial charge in [0.1, 0.15) is 5.82 Å². The standard InChI is InChI=1S/C12H15ClN2O3/c1-18-7-8-2-3-15(6-8)11-4-9(12(16)17)10(13)5-14-11/h4-5,8H,2-3,6-7H2,1H3,(H,16,17). The summed E-state index contributed by atoms with van der Waals surface area (Å²) in [7, 11) is 1.69. The van der Waals surface area contributed by atoms with Gasteiger partial charge < -0.3 is 14.7 Å². The Bertz CT molecular complexity index is 453. The highest BCUT2D eigenvalue weighted by atomic mass is 35.5. The topological polar surface area (TPSA) is 62.7 Å². The highest BCUT2D eigenvalue weighted by molar-refractivity contribution is 6.33. The van der Waals surface area contributed by atoms with Gasteiger partial charge in [-0.1, -0.05) is 11.6 Å². The number of carboxylic acids is 1. The molecule has 0 amide bonds. The highest BCUT2D eigenvalue weighted by Crippen LogP contribution is 2.25. The van der Waals surface area contributed by atoms with E-state index in [4.69, 9.17) is 21.4 Å². The molecule has 1 saturated heterocycles. The van der Waals surface area contributed by atoms with E-state index < -0.39 is 5.97 Å². The largest absolute Gasteiger partial charge is 0.478 e. The third kappa shape index (κ3) is 2.73. The van der Waals surface area contributed by atoms with Crippen molar-refractivity contribution in [1.82, 2.24) is 4.98 Å². The molecule has 1 aromatic heterocycles. The lowest BCUT2D eigenvalue weighted by Crippen LogP contribution is -2.22. The van der Waals surface area contributed by atoms with Gasteiger partial charge in [0.15, 0.2) is 0 Å². The lowest BCUT2D eigenvalue weighted by molar-refractivity contribution is 0.0697. The molecular formula is C12H15ClN2O3. The number of carboxylic acid groups (broad SMARTS) is 1. The number of hydrogen-bond donors (Lipinski definition) is 1. The molecule has 18 heavy (non-hydrogen) atoms. The normalized spacial score (nSPS) is 19.2. The predicted molar refractivity (Wildman–Crippen MR) is 68.4 cm³/mol. The Morgan fingerprint density at radius 1 is 1.72 bits per heavy atom. The van der Waals surface area contributed by atoms with E-state index in [9.17, 15) is 4.79 Å². The number of nitrogens with zero attached hydrogens (tertiary/aromatic N) is 2. The second-order valence-electron chi connectivity index (χ2n) is 4.38. The third-order valence-electron chi connectivity index (χ3n) is 3.08. The Kier molecular flexibility index (Phi) is 4.04. The fourth-order valence-corrected chi connectivity index (χ4v) is 2.36. The summed E-state index contributed by atoms with van der Waals surface area (Å²) >= 11 is 5.79. The minimum absolute atomic E-state index is 0.0943. The molecule has 98 valence electrons. The molecule has 6 heteroatoms. The fraction of sp³-hybridized carbons (Fsp3) is 0.500. The van der Waals surface area contributed by atoms with Crippen LogP contribution in [0.2, 0.25) is 5.02 Å². The predicted octanol–water partition coefficient (Wildman–Crippen LogP) is 1.91. The average molecular weight is 271 g/mol. The summed E-state index contributed by atoms with van der Waals surface area (Å²) in [5, 5.41) is 9.18. The van der Waals surface area contributed by atoms with Crippen LogP contribution < -0.4 is 4.90 Å². The van der Waals surface area contributed by atoms with E-state index in [1.807, 2.05) is 0 Å². The van der Waals surface area contributed by atoms with Crippen LogP contribution in [0.1, 0.15) is 16.8 Å². The molecule has 0 bridgehead atoms. The van der Waals surface area contributed by atoms with Gasteiger partial charge in [-0.15, -0.1) is 0 Å². The zero-order valence-corrected chi connectivity index (χ0v) is 10.9. The van der Waals surface area contributed by atoms with Crippen LogP contribution >= 0.6 is 11.6 Å². The van der Waals surface area contributed by atoms with E-state index in [1.165, 1.54) is 12.3 Å². The van der Waals surface area contributed by atoms with Crippen molar-refractivity contribution < 1.29 is 14.6 Å². The number of carbonyl (C=O) groups is 1. The molecule has 2 heterocycles. The Morgan fingerprint density at radius 3 is 3.17 bits per heavy atom. The molecule has 5 nitrogen and oxygen atoms in total. The van der Waals surface area contributed by atoms with E-state index in [0.717, 1.165) is 26.1 Å². The number of anilines is 1. The minimum Gasteiger partial charge on any atom is -0.478 e. The van der Waals surface area contributed by atoms with Crippen LogP contribution in [0.3, 0.4) is 0 Å². The second-order valence-corrected chi connectivity index (χ2v) is 4.79. The molecule has 1 aliphatic rings. The van der Waals surface area contributed by atoms with Gasteiger partial charge in [-0.2, -0.15) is 0 Å². The SMILES string of the molecule is COCC1CCN(c2cc(C(=O)O)c(Cl)cn2)C1. The number of hydrogen-bond acceptors (Lipinski definition) is 4. The molecule has 1 fully saturated rings. The van der Waals surface area contributed by atoms with E-state index >= 15 is 0 Å². The number of rotatable bonds is 4. The number of aromatic carboxylic acids is 1. The fourth-order valence-electron chi connectivity index (χ4n) is 2.18. The van der Waals surface area contributed by atoms with Gasteiger partial charge in [0, 0.05) is 32.3 Å². The van der Waals surface area contributed by atoms with Crippen molar-refractivity contribution in [1.29, 1.82) is 0 Å². The summed E-state index contributed by atoms with van der Waals surface area (Å²) in [6.45, 7) is 2.42. The number of aromatic nitrogens is 1. The van der Waals surface area contributed by atoms with Crippen molar-refractivity contribution in [3.8, 4) is 0 Å². The Labute approximate surface area is 110 Å². The van der Waals surface area contributed by atoms with Gasteiger partial charge in [-0.25, -0.2) is 9.78 Å². The Balaban J connectivity index is 2.15. The van der Waals surface area contributed by atoms with E-state index in [0.29, 0.717) is 11.7 Å². The van der Waals surface area contributed by atoms with Crippen LogP contribution in [0.25, 0.3) is 0 Å². The van der Waals surface area contributed by atoms with Gasteiger partial charge in [-0.3, -0.25) is 0 Å². The first-order chi connectivity index (χ1) is 8.61. The van der Waals surface area contributed by atoms with E-state index in [1.54, 1.807) is 7.11 Å². The number of pyridine rings is 1. The molecule has 0 aromatic carbocycles. The maximum atomic E-state index is 11.0. The van der Waals surface area contributed by atoms with Gasteiger partial charge in [-0.05, 0) is 12.5 Å². The molecule has 1 aromatic rings. The molecule has 2 rings (SSSR count). The zero-order chi connectivity index (χ0) is 13.1. The number of halogens is 1.